The molecular weight excluding hydrogens is 202 g/mol. The lowest BCUT2D eigenvalue weighted by atomic mass is 10.1. The Morgan fingerprint density at radius 3 is 2.88 bits per heavy atom. The molecule has 0 aromatic carbocycles. The summed E-state index contributed by atoms with van der Waals surface area (Å²) in [4.78, 5) is 6.43. The third kappa shape index (κ3) is 2.31. The highest BCUT2D eigenvalue weighted by Crippen LogP contribution is 2.19. The number of aromatic nitrogens is 1. The van der Waals surface area contributed by atoms with E-state index in [-0.39, 0.29) is 0 Å². The fraction of sp³-hybridized carbons (Fsp3) is 0.500. The van der Waals surface area contributed by atoms with Crippen molar-refractivity contribution in [1.29, 1.82) is 5.26 Å². The highest BCUT2D eigenvalue weighted by Gasteiger charge is 2.19. The Labute approximate surface area is 95.5 Å². The molecule has 0 unspecified atom stereocenters. The molecule has 0 saturated carbocycles. The molecule has 0 radical (unpaired) electrons. The zero-order valence-electron chi connectivity index (χ0n) is 9.39. The van der Waals surface area contributed by atoms with E-state index in [4.69, 9.17) is 10.00 Å². The van der Waals surface area contributed by atoms with Crippen molar-refractivity contribution in [3.05, 3.63) is 23.9 Å². The van der Waals surface area contributed by atoms with Gasteiger partial charge in [0.15, 0.2) is 0 Å². The van der Waals surface area contributed by atoms with E-state index in [1.165, 1.54) is 0 Å². The van der Waals surface area contributed by atoms with Gasteiger partial charge in [0.2, 0.25) is 0 Å². The maximum atomic E-state index is 8.80. The normalized spacial score (nSPS) is 16.8. The average molecular weight is 217 g/mol. The molecule has 1 saturated heterocycles. The Bertz CT molecular complexity index is 393. The molecule has 1 aromatic heterocycles. The van der Waals surface area contributed by atoms with Crippen molar-refractivity contribution < 1.29 is 4.74 Å². The number of pyridine rings is 1. The van der Waals surface area contributed by atoms with E-state index in [1.807, 2.05) is 19.2 Å². The fourth-order valence-corrected chi connectivity index (χ4v) is 1.94. The van der Waals surface area contributed by atoms with Gasteiger partial charge < -0.3 is 9.64 Å². The first-order valence-corrected chi connectivity index (χ1v) is 5.49. The van der Waals surface area contributed by atoms with Crippen LogP contribution in [0, 0.1) is 11.3 Å². The lowest BCUT2D eigenvalue weighted by Crippen LogP contribution is -2.37. The number of hydrogen-bond acceptors (Lipinski definition) is 4. The summed E-state index contributed by atoms with van der Waals surface area (Å²) < 4.78 is 5.33. The third-order valence-corrected chi connectivity index (χ3v) is 2.95. The highest BCUT2D eigenvalue weighted by molar-refractivity contribution is 5.41. The molecule has 0 bridgehead atoms. The van der Waals surface area contributed by atoms with Gasteiger partial charge in [0.05, 0.1) is 0 Å². The molecule has 0 atom stereocenters. The molecule has 16 heavy (non-hydrogen) atoms. The second kappa shape index (κ2) is 4.95. The number of anilines is 1. The summed E-state index contributed by atoms with van der Waals surface area (Å²) in [6, 6.07) is 8.07. The van der Waals surface area contributed by atoms with Gasteiger partial charge in [0, 0.05) is 26.3 Å². The van der Waals surface area contributed by atoms with Crippen LogP contribution in [0.1, 0.15) is 18.5 Å². The molecule has 1 aromatic rings. The second-order valence-electron chi connectivity index (χ2n) is 3.95. The molecular formula is C12H15N3O. The predicted octanol–water partition coefficient (Wildman–Crippen LogP) is 1.57. The van der Waals surface area contributed by atoms with Crippen LogP contribution in [0.2, 0.25) is 0 Å². The molecule has 4 heteroatoms. The minimum atomic E-state index is 0.468. The average Bonchev–Trinajstić information content (AvgIpc) is 2.39. The van der Waals surface area contributed by atoms with Gasteiger partial charge in [-0.3, -0.25) is 0 Å². The van der Waals surface area contributed by atoms with Crippen molar-refractivity contribution in [1.82, 2.24) is 4.98 Å². The number of rotatable bonds is 2. The number of nitriles is 1. The van der Waals surface area contributed by atoms with E-state index in [9.17, 15) is 0 Å². The summed E-state index contributed by atoms with van der Waals surface area (Å²) in [5, 5.41) is 8.80. The van der Waals surface area contributed by atoms with Gasteiger partial charge in [-0.15, -0.1) is 0 Å². The molecule has 0 N–H and O–H groups in total. The van der Waals surface area contributed by atoms with Crippen molar-refractivity contribution in [3.8, 4) is 6.07 Å². The Morgan fingerprint density at radius 2 is 2.19 bits per heavy atom. The van der Waals surface area contributed by atoms with Crippen molar-refractivity contribution in [2.24, 2.45) is 0 Å². The lowest BCUT2D eigenvalue weighted by molar-refractivity contribution is 0.0853. The monoisotopic (exact) mass is 217 g/mol. The van der Waals surface area contributed by atoms with E-state index >= 15 is 0 Å². The Balaban J connectivity index is 2.13. The number of hydrogen-bond donors (Lipinski definition) is 0. The highest BCUT2D eigenvalue weighted by atomic mass is 16.5. The van der Waals surface area contributed by atoms with Gasteiger partial charge >= 0.3 is 0 Å². The quantitative estimate of drug-likeness (QED) is 0.754. The maximum Gasteiger partial charge on any atom is 0.142 e. The van der Waals surface area contributed by atoms with Crippen LogP contribution in [0.25, 0.3) is 0 Å². The first-order chi connectivity index (χ1) is 7.81. The Hall–Kier alpha value is -1.60. The minimum Gasteiger partial charge on any atom is -0.381 e. The van der Waals surface area contributed by atoms with Crippen LogP contribution in [0.15, 0.2) is 18.2 Å². The van der Waals surface area contributed by atoms with Crippen LogP contribution in [-0.2, 0) is 4.74 Å². The summed E-state index contributed by atoms with van der Waals surface area (Å²) >= 11 is 0. The summed E-state index contributed by atoms with van der Waals surface area (Å²) in [5.41, 5.74) is 0.469. The van der Waals surface area contributed by atoms with Crippen LogP contribution in [0.5, 0.6) is 0 Å². The zero-order chi connectivity index (χ0) is 11.4. The third-order valence-electron chi connectivity index (χ3n) is 2.95. The van der Waals surface area contributed by atoms with Crippen molar-refractivity contribution in [2.75, 3.05) is 25.2 Å². The van der Waals surface area contributed by atoms with Gasteiger partial charge in [-0.1, -0.05) is 6.07 Å². The first kappa shape index (κ1) is 10.9. The van der Waals surface area contributed by atoms with Crippen molar-refractivity contribution in [2.45, 2.75) is 18.9 Å². The summed E-state index contributed by atoms with van der Waals surface area (Å²) in [6.07, 6.45) is 2.05. The molecule has 84 valence electrons. The molecule has 4 nitrogen and oxygen atoms in total. The molecule has 1 fully saturated rings. The van der Waals surface area contributed by atoms with Gasteiger partial charge in [0.1, 0.15) is 17.6 Å². The smallest absolute Gasteiger partial charge is 0.142 e. The predicted molar refractivity (Wildman–Crippen MR) is 61.2 cm³/mol. The first-order valence-electron chi connectivity index (χ1n) is 5.49. The number of nitrogens with zero attached hydrogens (tertiary/aromatic N) is 3. The molecule has 2 rings (SSSR count). The van der Waals surface area contributed by atoms with Crippen LogP contribution in [0.4, 0.5) is 5.82 Å². The van der Waals surface area contributed by atoms with Gasteiger partial charge in [-0.05, 0) is 25.0 Å². The summed E-state index contributed by atoms with van der Waals surface area (Å²) in [7, 11) is 2.03. The van der Waals surface area contributed by atoms with Crippen molar-refractivity contribution >= 4 is 5.82 Å². The summed E-state index contributed by atoms with van der Waals surface area (Å²) in [6.45, 7) is 1.62. The Kier molecular flexibility index (Phi) is 3.37. The largest absolute Gasteiger partial charge is 0.381 e. The van der Waals surface area contributed by atoms with E-state index in [0.29, 0.717) is 11.7 Å². The van der Waals surface area contributed by atoms with Crippen molar-refractivity contribution in [3.63, 3.8) is 0 Å². The molecule has 0 amide bonds. The van der Waals surface area contributed by atoms with E-state index in [2.05, 4.69) is 16.0 Å². The minimum absolute atomic E-state index is 0.468. The van der Waals surface area contributed by atoms with E-state index < -0.39 is 0 Å². The van der Waals surface area contributed by atoms with Crippen LogP contribution >= 0.6 is 0 Å². The molecule has 1 aliphatic rings. The van der Waals surface area contributed by atoms with Gasteiger partial charge in [-0.25, -0.2) is 4.98 Å². The van der Waals surface area contributed by atoms with Gasteiger partial charge in [-0.2, -0.15) is 5.26 Å². The van der Waals surface area contributed by atoms with Gasteiger partial charge in [0.25, 0.3) is 0 Å². The molecule has 0 spiro atoms. The van der Waals surface area contributed by atoms with Crippen LogP contribution in [0.3, 0.4) is 0 Å². The SMILES string of the molecule is CN(c1cccc(C#N)n1)C1CCOCC1. The fourth-order valence-electron chi connectivity index (χ4n) is 1.94. The summed E-state index contributed by atoms with van der Waals surface area (Å²) in [5.74, 6) is 0.867. The zero-order valence-corrected chi connectivity index (χ0v) is 9.39. The second-order valence-corrected chi connectivity index (χ2v) is 3.95. The number of ether oxygens (including phenoxy) is 1. The standard InChI is InChI=1S/C12H15N3O/c1-15(11-5-7-16-8-6-11)12-4-2-3-10(9-13)14-12/h2-4,11H,5-8H2,1H3. The topological polar surface area (TPSA) is 49.2 Å². The van der Waals surface area contributed by atoms with E-state index in [1.54, 1.807) is 6.07 Å². The lowest BCUT2D eigenvalue weighted by Gasteiger charge is -2.32. The van der Waals surface area contributed by atoms with Crippen LogP contribution in [-0.4, -0.2) is 31.3 Å². The molecule has 0 aliphatic carbocycles. The molecule has 1 aliphatic heterocycles. The van der Waals surface area contributed by atoms with E-state index in [0.717, 1.165) is 31.9 Å². The van der Waals surface area contributed by atoms with Crippen LogP contribution < -0.4 is 4.90 Å². The Morgan fingerprint density at radius 1 is 1.44 bits per heavy atom. The molecule has 2 heterocycles. The maximum absolute atomic E-state index is 8.80.